The highest BCUT2D eigenvalue weighted by Gasteiger charge is 2.22. The van der Waals surface area contributed by atoms with E-state index < -0.39 is 23.9 Å². The second-order valence-electron chi connectivity index (χ2n) is 5.60. The second kappa shape index (κ2) is 7.83. The molecular formula is C18H16N4O4S. The van der Waals surface area contributed by atoms with Gasteiger partial charge in [0.2, 0.25) is 0 Å². The molecule has 3 rings (SSSR count). The van der Waals surface area contributed by atoms with Gasteiger partial charge in [0.15, 0.2) is 6.10 Å². The number of nitrogens with zero attached hydrogens (tertiary/aromatic N) is 1. The van der Waals surface area contributed by atoms with Gasteiger partial charge in [-0.25, -0.2) is 4.79 Å². The van der Waals surface area contributed by atoms with E-state index in [0.717, 1.165) is 16.9 Å². The van der Waals surface area contributed by atoms with E-state index in [1.807, 2.05) is 30.3 Å². The SMILES string of the molecule is C[C@H](OC(=O)c1cc(-c2ccccc2)n[nH]1)C(=O)Nc1sccc1C(N)=O. The summed E-state index contributed by atoms with van der Waals surface area (Å²) in [4.78, 5) is 35.8. The van der Waals surface area contributed by atoms with E-state index in [2.05, 4.69) is 15.5 Å². The Bertz CT molecular complexity index is 980. The third kappa shape index (κ3) is 4.21. The van der Waals surface area contributed by atoms with E-state index in [0.29, 0.717) is 10.7 Å². The van der Waals surface area contributed by atoms with Crippen LogP contribution in [0.4, 0.5) is 5.00 Å². The van der Waals surface area contributed by atoms with Gasteiger partial charge in [0.05, 0.1) is 11.3 Å². The fourth-order valence-corrected chi connectivity index (χ4v) is 3.07. The van der Waals surface area contributed by atoms with Crippen LogP contribution in [0.1, 0.15) is 27.8 Å². The number of nitrogens with one attached hydrogen (secondary N) is 2. The Labute approximate surface area is 158 Å². The number of rotatable bonds is 6. The van der Waals surface area contributed by atoms with Crippen molar-refractivity contribution in [1.82, 2.24) is 10.2 Å². The lowest BCUT2D eigenvalue weighted by atomic mass is 10.1. The van der Waals surface area contributed by atoms with Crippen LogP contribution in [0.5, 0.6) is 0 Å². The second-order valence-corrected chi connectivity index (χ2v) is 6.51. The third-order valence-corrected chi connectivity index (χ3v) is 4.52. The number of aromatic amines is 1. The lowest BCUT2D eigenvalue weighted by molar-refractivity contribution is -0.123. The molecule has 0 bridgehead atoms. The molecule has 8 nitrogen and oxygen atoms in total. The van der Waals surface area contributed by atoms with Crippen LogP contribution < -0.4 is 11.1 Å². The molecule has 0 aliphatic heterocycles. The molecule has 2 aromatic heterocycles. The summed E-state index contributed by atoms with van der Waals surface area (Å²) in [6.45, 7) is 1.43. The van der Waals surface area contributed by atoms with Crippen LogP contribution in [0.15, 0.2) is 47.8 Å². The zero-order chi connectivity index (χ0) is 19.4. The van der Waals surface area contributed by atoms with Gasteiger partial charge in [-0.15, -0.1) is 11.3 Å². The molecule has 9 heteroatoms. The monoisotopic (exact) mass is 384 g/mol. The van der Waals surface area contributed by atoms with Crippen molar-refractivity contribution in [3.63, 3.8) is 0 Å². The molecule has 0 unspecified atom stereocenters. The molecule has 0 fully saturated rings. The van der Waals surface area contributed by atoms with Gasteiger partial charge >= 0.3 is 5.97 Å². The molecule has 0 radical (unpaired) electrons. The number of H-pyrrole nitrogens is 1. The fourth-order valence-electron chi connectivity index (χ4n) is 2.27. The van der Waals surface area contributed by atoms with Crippen LogP contribution in [0.2, 0.25) is 0 Å². The van der Waals surface area contributed by atoms with E-state index >= 15 is 0 Å². The lowest BCUT2D eigenvalue weighted by Gasteiger charge is -2.12. The average Bonchev–Trinajstić information content (AvgIpc) is 3.32. The van der Waals surface area contributed by atoms with Gasteiger partial charge in [0.25, 0.3) is 11.8 Å². The molecule has 0 spiro atoms. The minimum atomic E-state index is -1.08. The molecule has 0 aliphatic rings. The summed E-state index contributed by atoms with van der Waals surface area (Å²) in [6, 6.07) is 12.4. The number of thiophene rings is 1. The first-order valence-electron chi connectivity index (χ1n) is 7.95. The van der Waals surface area contributed by atoms with E-state index in [1.54, 1.807) is 11.4 Å². The van der Waals surface area contributed by atoms with Gasteiger partial charge in [-0.05, 0) is 24.4 Å². The zero-order valence-electron chi connectivity index (χ0n) is 14.3. The van der Waals surface area contributed by atoms with E-state index in [9.17, 15) is 14.4 Å². The highest BCUT2D eigenvalue weighted by Crippen LogP contribution is 2.23. The predicted molar refractivity (Wildman–Crippen MR) is 100 cm³/mol. The maximum absolute atomic E-state index is 12.2. The number of anilines is 1. The summed E-state index contributed by atoms with van der Waals surface area (Å²) in [5.74, 6) is -1.94. The molecule has 0 saturated carbocycles. The zero-order valence-corrected chi connectivity index (χ0v) is 15.1. The topological polar surface area (TPSA) is 127 Å². The first kappa shape index (κ1) is 18.3. The van der Waals surface area contributed by atoms with Gasteiger partial charge in [-0.2, -0.15) is 5.10 Å². The number of hydrogen-bond donors (Lipinski definition) is 3. The Morgan fingerprint density at radius 2 is 1.96 bits per heavy atom. The summed E-state index contributed by atoms with van der Waals surface area (Å²) >= 11 is 1.15. The quantitative estimate of drug-likeness (QED) is 0.563. The highest BCUT2D eigenvalue weighted by molar-refractivity contribution is 7.14. The molecule has 2 amide bonds. The fraction of sp³-hybridized carbons (Fsp3) is 0.111. The van der Waals surface area contributed by atoms with Crippen LogP contribution in [0.3, 0.4) is 0 Å². The Kier molecular flexibility index (Phi) is 5.32. The van der Waals surface area contributed by atoms with Gasteiger partial charge in [-0.1, -0.05) is 30.3 Å². The number of hydrogen-bond acceptors (Lipinski definition) is 6. The molecule has 4 N–H and O–H groups in total. The maximum atomic E-state index is 12.2. The Balaban J connectivity index is 1.63. The first-order chi connectivity index (χ1) is 13.0. The third-order valence-electron chi connectivity index (χ3n) is 3.69. The molecule has 0 aliphatic carbocycles. The standard InChI is InChI=1S/C18H16N4O4S/c1-10(16(24)20-17-12(15(19)23)7-8-27-17)26-18(25)14-9-13(21-22-14)11-5-3-2-4-6-11/h2-10H,1H3,(H2,19,23)(H,20,24)(H,21,22)/t10-/m0/s1. The van der Waals surface area contributed by atoms with Gasteiger partial charge in [0.1, 0.15) is 10.7 Å². The Morgan fingerprint density at radius 1 is 1.22 bits per heavy atom. The van der Waals surface area contributed by atoms with Crippen LogP contribution in [0.25, 0.3) is 11.3 Å². The van der Waals surface area contributed by atoms with Crippen molar-refractivity contribution in [2.75, 3.05) is 5.32 Å². The van der Waals surface area contributed by atoms with E-state index in [-0.39, 0.29) is 11.3 Å². The number of carbonyl (C=O) groups excluding carboxylic acids is 3. The molecule has 2 heterocycles. The normalized spacial score (nSPS) is 11.6. The van der Waals surface area contributed by atoms with Crippen molar-refractivity contribution in [2.45, 2.75) is 13.0 Å². The number of amides is 2. The van der Waals surface area contributed by atoms with Crippen LogP contribution >= 0.6 is 11.3 Å². The smallest absolute Gasteiger partial charge is 0.357 e. The predicted octanol–water partition coefficient (Wildman–Crippen LogP) is 2.42. The Hall–Kier alpha value is -3.46. The Morgan fingerprint density at radius 3 is 2.67 bits per heavy atom. The van der Waals surface area contributed by atoms with Crippen molar-refractivity contribution in [2.24, 2.45) is 5.73 Å². The molecule has 1 aromatic carbocycles. The lowest BCUT2D eigenvalue weighted by Crippen LogP contribution is -2.30. The largest absolute Gasteiger partial charge is 0.448 e. The number of nitrogens with two attached hydrogens (primary N) is 1. The summed E-state index contributed by atoms with van der Waals surface area (Å²) in [7, 11) is 0. The van der Waals surface area contributed by atoms with E-state index in [1.165, 1.54) is 13.0 Å². The molecule has 138 valence electrons. The van der Waals surface area contributed by atoms with Crippen molar-refractivity contribution in [3.05, 3.63) is 59.1 Å². The number of primary amides is 1. The average molecular weight is 384 g/mol. The number of carbonyl (C=O) groups is 3. The van der Waals surface area contributed by atoms with Crippen LogP contribution in [0, 0.1) is 0 Å². The summed E-state index contributed by atoms with van der Waals surface area (Å²) in [5, 5.41) is 11.1. The molecule has 1 atom stereocenters. The number of benzene rings is 1. The van der Waals surface area contributed by atoms with Crippen molar-refractivity contribution < 1.29 is 19.1 Å². The van der Waals surface area contributed by atoms with Gasteiger partial charge in [-0.3, -0.25) is 14.7 Å². The minimum Gasteiger partial charge on any atom is -0.448 e. The van der Waals surface area contributed by atoms with Crippen molar-refractivity contribution >= 4 is 34.1 Å². The summed E-state index contributed by atoms with van der Waals surface area (Å²) in [6.07, 6.45) is -1.08. The number of esters is 1. The number of ether oxygens (including phenoxy) is 1. The van der Waals surface area contributed by atoms with Crippen molar-refractivity contribution in [3.8, 4) is 11.3 Å². The highest BCUT2D eigenvalue weighted by atomic mass is 32.1. The molecule has 3 aromatic rings. The van der Waals surface area contributed by atoms with Gasteiger partial charge < -0.3 is 15.8 Å². The minimum absolute atomic E-state index is 0.127. The van der Waals surface area contributed by atoms with E-state index in [4.69, 9.17) is 10.5 Å². The summed E-state index contributed by atoms with van der Waals surface area (Å²) < 4.78 is 5.16. The molecule has 27 heavy (non-hydrogen) atoms. The maximum Gasteiger partial charge on any atom is 0.357 e. The molecular weight excluding hydrogens is 368 g/mol. The first-order valence-corrected chi connectivity index (χ1v) is 8.83. The van der Waals surface area contributed by atoms with Crippen LogP contribution in [-0.2, 0) is 9.53 Å². The van der Waals surface area contributed by atoms with Crippen LogP contribution in [-0.4, -0.2) is 34.1 Å². The van der Waals surface area contributed by atoms with Gasteiger partial charge in [0, 0.05) is 5.56 Å². The summed E-state index contributed by atoms with van der Waals surface area (Å²) in [5.41, 5.74) is 7.00. The molecule has 0 saturated heterocycles. The number of aromatic nitrogens is 2. The van der Waals surface area contributed by atoms with Crippen molar-refractivity contribution in [1.29, 1.82) is 0 Å².